The van der Waals surface area contributed by atoms with Gasteiger partial charge in [0.05, 0.1) is 0 Å². The minimum absolute atomic E-state index is 0.291. The van der Waals surface area contributed by atoms with Crippen LogP contribution in [-0.4, -0.2) is 0 Å². The van der Waals surface area contributed by atoms with Crippen LogP contribution < -0.4 is 0 Å². The van der Waals surface area contributed by atoms with Crippen LogP contribution in [0.1, 0.15) is 25.3 Å². The largest absolute Gasteiger partial charge is 0.206 e. The van der Waals surface area contributed by atoms with Gasteiger partial charge in [0.25, 0.3) is 0 Å². The molecule has 0 aliphatic rings. The molecular weight excluding hydrogens is 297 g/mol. The summed E-state index contributed by atoms with van der Waals surface area (Å²) < 4.78 is 41.0. The second-order valence-electron chi connectivity index (χ2n) is 5.75. The van der Waals surface area contributed by atoms with E-state index in [-0.39, 0.29) is 5.82 Å². The number of unbranched alkanes of at least 4 members (excludes halogenated alkanes) is 1. The van der Waals surface area contributed by atoms with Gasteiger partial charge >= 0.3 is 0 Å². The zero-order valence-electron chi connectivity index (χ0n) is 12.9. The van der Waals surface area contributed by atoms with Crippen LogP contribution in [0, 0.1) is 17.5 Å². The molecule has 0 spiro atoms. The Bertz CT molecular complexity index is 853. The van der Waals surface area contributed by atoms with Crippen molar-refractivity contribution in [2.45, 2.75) is 26.2 Å². The maximum atomic E-state index is 14.4. The van der Waals surface area contributed by atoms with Gasteiger partial charge in [-0.2, -0.15) is 0 Å². The molecule has 3 heteroatoms. The molecule has 0 bridgehead atoms. The van der Waals surface area contributed by atoms with Gasteiger partial charge in [-0.1, -0.05) is 37.6 Å². The Kier molecular flexibility index (Phi) is 4.37. The number of fused-ring (bicyclic) bond motifs is 1. The molecule has 0 radical (unpaired) electrons. The van der Waals surface area contributed by atoms with E-state index in [1.54, 1.807) is 30.3 Å². The van der Waals surface area contributed by atoms with E-state index < -0.39 is 11.6 Å². The smallest absolute Gasteiger partial charge is 0.159 e. The first kappa shape index (κ1) is 15.6. The average Bonchev–Trinajstić information content (AvgIpc) is 2.54. The van der Waals surface area contributed by atoms with Gasteiger partial charge in [0.15, 0.2) is 11.6 Å². The molecule has 0 aliphatic carbocycles. The van der Waals surface area contributed by atoms with Crippen LogP contribution >= 0.6 is 0 Å². The first-order chi connectivity index (χ1) is 11.1. The molecule has 0 N–H and O–H groups in total. The summed E-state index contributed by atoms with van der Waals surface area (Å²) in [6.45, 7) is 2.10. The molecule has 118 valence electrons. The molecule has 3 aromatic carbocycles. The second kappa shape index (κ2) is 6.45. The summed E-state index contributed by atoms with van der Waals surface area (Å²) in [6, 6.07) is 12.6. The van der Waals surface area contributed by atoms with E-state index in [1.807, 2.05) is 6.07 Å². The third kappa shape index (κ3) is 3.24. The predicted octanol–water partition coefficient (Wildman–Crippen LogP) is 6.27. The molecule has 0 aliphatic heterocycles. The van der Waals surface area contributed by atoms with Crippen molar-refractivity contribution in [1.29, 1.82) is 0 Å². The van der Waals surface area contributed by atoms with E-state index in [4.69, 9.17) is 0 Å². The molecule has 0 nitrogen and oxygen atoms in total. The van der Waals surface area contributed by atoms with Crippen molar-refractivity contribution < 1.29 is 13.2 Å². The Morgan fingerprint density at radius 3 is 2.17 bits per heavy atom. The molecular formula is C20H17F3. The minimum Gasteiger partial charge on any atom is -0.206 e. The summed E-state index contributed by atoms with van der Waals surface area (Å²) in [5.41, 5.74) is 2.10. The van der Waals surface area contributed by atoms with Crippen molar-refractivity contribution in [3.63, 3.8) is 0 Å². The molecule has 0 saturated carbocycles. The Labute approximate surface area is 133 Å². The predicted molar refractivity (Wildman–Crippen MR) is 87.9 cm³/mol. The van der Waals surface area contributed by atoms with Crippen LogP contribution in [0.5, 0.6) is 0 Å². The van der Waals surface area contributed by atoms with Crippen molar-refractivity contribution >= 4 is 10.8 Å². The van der Waals surface area contributed by atoms with Gasteiger partial charge in [-0.25, -0.2) is 13.2 Å². The number of rotatable bonds is 4. The Balaban J connectivity index is 2.01. The first-order valence-corrected chi connectivity index (χ1v) is 7.76. The van der Waals surface area contributed by atoms with E-state index in [2.05, 4.69) is 6.92 Å². The molecule has 0 aromatic heterocycles. The van der Waals surface area contributed by atoms with E-state index in [9.17, 15) is 13.2 Å². The number of hydrogen-bond donors (Lipinski definition) is 0. The second-order valence-corrected chi connectivity index (χ2v) is 5.75. The number of benzene rings is 3. The Morgan fingerprint density at radius 2 is 1.48 bits per heavy atom. The number of hydrogen-bond acceptors (Lipinski definition) is 0. The van der Waals surface area contributed by atoms with Crippen molar-refractivity contribution in [3.8, 4) is 11.1 Å². The van der Waals surface area contributed by atoms with Gasteiger partial charge in [0.2, 0.25) is 0 Å². The molecule has 0 atom stereocenters. The standard InChI is InChI=1S/C20H17F3/c1-2-3-4-13-5-8-17(18(21)9-13)15-7-6-14-11-19(22)20(23)12-16(14)10-15/h5-12H,2-4H2,1H3. The summed E-state index contributed by atoms with van der Waals surface area (Å²) in [4.78, 5) is 0. The van der Waals surface area contributed by atoms with Crippen LogP contribution in [0.4, 0.5) is 13.2 Å². The normalized spacial score (nSPS) is 11.1. The molecule has 0 unspecified atom stereocenters. The maximum Gasteiger partial charge on any atom is 0.159 e. The fraction of sp³-hybridized carbons (Fsp3) is 0.200. The summed E-state index contributed by atoms with van der Waals surface area (Å²) in [6.07, 6.45) is 2.95. The zero-order valence-corrected chi connectivity index (χ0v) is 12.9. The number of aryl methyl sites for hydroxylation is 1. The van der Waals surface area contributed by atoms with E-state index in [0.717, 1.165) is 37.0 Å². The van der Waals surface area contributed by atoms with Crippen LogP contribution in [0.25, 0.3) is 21.9 Å². The van der Waals surface area contributed by atoms with Gasteiger partial charge in [0, 0.05) is 5.56 Å². The first-order valence-electron chi connectivity index (χ1n) is 7.76. The highest BCUT2D eigenvalue weighted by atomic mass is 19.2. The van der Waals surface area contributed by atoms with Gasteiger partial charge in [-0.3, -0.25) is 0 Å². The SMILES string of the molecule is CCCCc1ccc(-c2ccc3cc(F)c(F)cc3c2)c(F)c1. The van der Waals surface area contributed by atoms with Gasteiger partial charge in [-0.15, -0.1) is 0 Å². The van der Waals surface area contributed by atoms with Crippen LogP contribution in [0.3, 0.4) is 0 Å². The summed E-state index contributed by atoms with van der Waals surface area (Å²) in [5, 5.41) is 1.14. The molecule has 0 saturated heterocycles. The Morgan fingerprint density at radius 1 is 0.739 bits per heavy atom. The van der Waals surface area contributed by atoms with E-state index >= 15 is 0 Å². The number of halogens is 3. The highest BCUT2D eigenvalue weighted by Crippen LogP contribution is 2.28. The lowest BCUT2D eigenvalue weighted by Gasteiger charge is -2.08. The molecule has 0 heterocycles. The van der Waals surface area contributed by atoms with Crippen molar-refractivity contribution in [1.82, 2.24) is 0 Å². The lowest BCUT2D eigenvalue weighted by molar-refractivity contribution is 0.511. The molecule has 3 rings (SSSR count). The molecule has 0 amide bonds. The minimum atomic E-state index is -0.898. The van der Waals surface area contributed by atoms with E-state index in [0.29, 0.717) is 21.9 Å². The van der Waals surface area contributed by atoms with Crippen LogP contribution in [-0.2, 0) is 6.42 Å². The zero-order chi connectivity index (χ0) is 16.4. The highest BCUT2D eigenvalue weighted by Gasteiger charge is 2.09. The van der Waals surface area contributed by atoms with E-state index in [1.165, 1.54) is 0 Å². The van der Waals surface area contributed by atoms with Gasteiger partial charge in [0.1, 0.15) is 5.82 Å². The average molecular weight is 314 g/mol. The summed E-state index contributed by atoms with van der Waals surface area (Å²) in [7, 11) is 0. The molecule has 3 aromatic rings. The third-order valence-corrected chi connectivity index (χ3v) is 4.04. The van der Waals surface area contributed by atoms with Gasteiger partial charge in [-0.05, 0) is 59.0 Å². The topological polar surface area (TPSA) is 0 Å². The van der Waals surface area contributed by atoms with Crippen molar-refractivity contribution in [2.24, 2.45) is 0 Å². The maximum absolute atomic E-state index is 14.4. The summed E-state index contributed by atoms with van der Waals surface area (Å²) in [5.74, 6) is -2.07. The fourth-order valence-corrected chi connectivity index (χ4v) is 2.74. The fourth-order valence-electron chi connectivity index (χ4n) is 2.74. The Hall–Kier alpha value is -2.29. The van der Waals surface area contributed by atoms with Crippen LogP contribution in [0.15, 0.2) is 48.5 Å². The van der Waals surface area contributed by atoms with Crippen LogP contribution in [0.2, 0.25) is 0 Å². The highest BCUT2D eigenvalue weighted by molar-refractivity contribution is 5.87. The monoisotopic (exact) mass is 314 g/mol. The van der Waals surface area contributed by atoms with Crippen molar-refractivity contribution in [3.05, 3.63) is 71.5 Å². The lowest BCUT2D eigenvalue weighted by Crippen LogP contribution is -1.91. The quantitative estimate of drug-likeness (QED) is 0.532. The molecule has 0 fully saturated rings. The van der Waals surface area contributed by atoms with Gasteiger partial charge < -0.3 is 0 Å². The van der Waals surface area contributed by atoms with Crippen molar-refractivity contribution in [2.75, 3.05) is 0 Å². The third-order valence-electron chi connectivity index (χ3n) is 4.04. The molecule has 23 heavy (non-hydrogen) atoms. The lowest BCUT2D eigenvalue weighted by atomic mass is 9.98. The summed E-state index contributed by atoms with van der Waals surface area (Å²) >= 11 is 0.